The highest BCUT2D eigenvalue weighted by atomic mass is 32.1. The molecule has 8 heteroatoms. The Morgan fingerprint density at radius 3 is 2.79 bits per heavy atom. The number of amides is 1. The molecule has 0 aliphatic heterocycles. The van der Waals surface area contributed by atoms with E-state index in [1.165, 1.54) is 29.7 Å². The number of aryl methyl sites for hydroxylation is 1. The molecule has 1 aliphatic carbocycles. The zero-order valence-corrected chi connectivity index (χ0v) is 16.6. The minimum Gasteiger partial charge on any atom is -0.487 e. The highest BCUT2D eigenvalue weighted by molar-refractivity contribution is 7.15. The Hall–Kier alpha value is -3.26. The van der Waals surface area contributed by atoms with E-state index in [-0.39, 0.29) is 5.91 Å². The summed E-state index contributed by atoms with van der Waals surface area (Å²) in [5, 5.41) is 12.5. The number of pyridine rings is 1. The van der Waals surface area contributed by atoms with Crippen molar-refractivity contribution in [1.29, 1.82) is 0 Å². The first-order valence-electron chi connectivity index (χ1n) is 9.46. The minimum absolute atomic E-state index is 0.203. The molecular formula is C21H19N5O2S. The number of imidazole rings is 1. The van der Waals surface area contributed by atoms with Crippen LogP contribution < -0.4 is 10.1 Å². The molecule has 1 aliphatic rings. The van der Waals surface area contributed by atoms with E-state index in [2.05, 4.69) is 20.5 Å². The molecule has 0 atom stereocenters. The number of aromatic nitrogens is 4. The molecular weight excluding hydrogens is 386 g/mol. The summed E-state index contributed by atoms with van der Waals surface area (Å²) in [5.41, 5.74) is 3.46. The van der Waals surface area contributed by atoms with Crippen molar-refractivity contribution in [3.05, 3.63) is 70.6 Å². The third-order valence-electron chi connectivity index (χ3n) is 4.74. The van der Waals surface area contributed by atoms with Crippen molar-refractivity contribution in [3.8, 4) is 5.75 Å². The average molecular weight is 405 g/mol. The molecule has 3 heterocycles. The molecule has 1 aromatic carbocycles. The molecule has 0 unspecified atom stereocenters. The molecule has 0 bridgehead atoms. The minimum atomic E-state index is -0.203. The summed E-state index contributed by atoms with van der Waals surface area (Å²) in [6.45, 7) is 2.41. The number of rotatable bonds is 6. The summed E-state index contributed by atoms with van der Waals surface area (Å²) in [4.78, 5) is 16.9. The summed E-state index contributed by atoms with van der Waals surface area (Å²) in [6.07, 6.45) is 6.32. The smallest absolute Gasteiger partial charge is 0.257 e. The Labute approximate surface area is 171 Å². The number of nitrogens with one attached hydrogen (secondary N) is 1. The molecule has 1 N–H and O–H groups in total. The first kappa shape index (κ1) is 17.8. The number of carbonyl (C=O) groups is 1. The van der Waals surface area contributed by atoms with Crippen molar-refractivity contribution in [2.24, 2.45) is 0 Å². The maximum Gasteiger partial charge on any atom is 0.257 e. The first-order valence-corrected chi connectivity index (χ1v) is 10.3. The highest BCUT2D eigenvalue weighted by Gasteiger charge is 2.27. The first-order chi connectivity index (χ1) is 14.1. The standard InChI is InChI=1S/C21H19N5O2S/c1-13-2-9-18-22-16(11-26(18)10-13)12-28-17-7-5-14(6-8-17)19(27)23-21-25-24-20(29-21)15-3-4-15/h2,5-11,15H,3-4,12H2,1H3,(H,23,25,27). The molecule has 4 aromatic rings. The van der Waals surface area contributed by atoms with Crippen LogP contribution in [0.3, 0.4) is 0 Å². The number of fused-ring (bicyclic) bond motifs is 1. The largest absolute Gasteiger partial charge is 0.487 e. The van der Waals surface area contributed by atoms with Crippen molar-refractivity contribution >= 4 is 28.0 Å². The van der Waals surface area contributed by atoms with Gasteiger partial charge in [0.05, 0.1) is 5.69 Å². The van der Waals surface area contributed by atoms with E-state index in [9.17, 15) is 4.79 Å². The van der Waals surface area contributed by atoms with Gasteiger partial charge in [-0.3, -0.25) is 10.1 Å². The Balaban J connectivity index is 1.20. The fourth-order valence-corrected chi connectivity index (χ4v) is 3.94. The van der Waals surface area contributed by atoms with Gasteiger partial charge in [0.15, 0.2) is 0 Å². The SMILES string of the molecule is Cc1ccc2nc(COc3ccc(C(=O)Nc4nnc(C5CC5)s4)cc3)cn2c1. The van der Waals surface area contributed by atoms with E-state index in [0.29, 0.717) is 29.0 Å². The van der Waals surface area contributed by atoms with Gasteiger partial charge in [0, 0.05) is 23.9 Å². The lowest BCUT2D eigenvalue weighted by Gasteiger charge is -2.05. The van der Waals surface area contributed by atoms with Crippen molar-refractivity contribution in [3.63, 3.8) is 0 Å². The number of benzene rings is 1. The van der Waals surface area contributed by atoms with Crippen LogP contribution >= 0.6 is 11.3 Å². The van der Waals surface area contributed by atoms with Gasteiger partial charge in [-0.05, 0) is 55.7 Å². The van der Waals surface area contributed by atoms with Crippen LogP contribution in [-0.2, 0) is 6.61 Å². The van der Waals surface area contributed by atoms with Crippen LogP contribution in [0.2, 0.25) is 0 Å². The van der Waals surface area contributed by atoms with Crippen LogP contribution in [-0.4, -0.2) is 25.5 Å². The predicted molar refractivity (Wildman–Crippen MR) is 111 cm³/mol. The molecule has 29 heavy (non-hydrogen) atoms. The average Bonchev–Trinajstić information content (AvgIpc) is 3.34. The quantitative estimate of drug-likeness (QED) is 0.520. The second kappa shape index (κ2) is 7.29. The molecule has 1 fully saturated rings. The van der Waals surface area contributed by atoms with Gasteiger partial charge >= 0.3 is 0 Å². The number of carbonyl (C=O) groups excluding carboxylic acids is 1. The molecule has 5 rings (SSSR count). The van der Waals surface area contributed by atoms with Gasteiger partial charge in [-0.15, -0.1) is 10.2 Å². The molecule has 0 spiro atoms. The Morgan fingerprint density at radius 2 is 2.00 bits per heavy atom. The summed E-state index contributed by atoms with van der Waals surface area (Å²) >= 11 is 1.45. The van der Waals surface area contributed by atoms with E-state index < -0.39 is 0 Å². The van der Waals surface area contributed by atoms with Gasteiger partial charge in [-0.2, -0.15) is 0 Å². The lowest BCUT2D eigenvalue weighted by atomic mass is 10.2. The monoisotopic (exact) mass is 405 g/mol. The van der Waals surface area contributed by atoms with Gasteiger partial charge in [-0.1, -0.05) is 17.4 Å². The van der Waals surface area contributed by atoms with E-state index >= 15 is 0 Å². The summed E-state index contributed by atoms with van der Waals surface area (Å²) in [7, 11) is 0. The maximum absolute atomic E-state index is 12.4. The molecule has 7 nitrogen and oxygen atoms in total. The third kappa shape index (κ3) is 3.97. The third-order valence-corrected chi connectivity index (χ3v) is 5.74. The summed E-state index contributed by atoms with van der Waals surface area (Å²) in [5.74, 6) is 1.01. The van der Waals surface area contributed by atoms with E-state index in [1.54, 1.807) is 24.3 Å². The second-order valence-electron chi connectivity index (χ2n) is 7.19. The topological polar surface area (TPSA) is 81.4 Å². The van der Waals surface area contributed by atoms with Gasteiger partial charge in [0.1, 0.15) is 23.0 Å². The van der Waals surface area contributed by atoms with Gasteiger partial charge in [0.2, 0.25) is 5.13 Å². The van der Waals surface area contributed by atoms with Crippen LogP contribution in [0.15, 0.2) is 48.8 Å². The fraction of sp³-hybridized carbons (Fsp3) is 0.238. The van der Waals surface area contributed by atoms with Gasteiger partial charge < -0.3 is 9.14 Å². The summed E-state index contributed by atoms with van der Waals surface area (Å²) in [6, 6.07) is 11.1. The van der Waals surface area contributed by atoms with Crippen LogP contribution in [0, 0.1) is 6.92 Å². The second-order valence-corrected chi connectivity index (χ2v) is 8.20. The van der Waals surface area contributed by atoms with Gasteiger partial charge in [-0.25, -0.2) is 4.98 Å². The maximum atomic E-state index is 12.4. The highest BCUT2D eigenvalue weighted by Crippen LogP contribution is 2.42. The van der Waals surface area contributed by atoms with E-state index in [1.807, 2.05) is 35.9 Å². The predicted octanol–water partition coefficient (Wildman–Crippen LogP) is 4.20. The van der Waals surface area contributed by atoms with Crippen molar-refractivity contribution in [2.45, 2.75) is 32.3 Å². The Bertz CT molecular complexity index is 1180. The number of anilines is 1. The number of hydrogen-bond donors (Lipinski definition) is 1. The molecule has 1 saturated carbocycles. The molecule has 146 valence electrons. The lowest BCUT2D eigenvalue weighted by molar-refractivity contribution is 0.102. The summed E-state index contributed by atoms with van der Waals surface area (Å²) < 4.78 is 7.80. The van der Waals surface area contributed by atoms with Crippen molar-refractivity contribution < 1.29 is 9.53 Å². The zero-order valence-electron chi connectivity index (χ0n) is 15.8. The van der Waals surface area contributed by atoms with Crippen LogP contribution in [0.4, 0.5) is 5.13 Å². The fourth-order valence-electron chi connectivity index (χ4n) is 3.03. The lowest BCUT2D eigenvalue weighted by Crippen LogP contribution is -2.11. The zero-order chi connectivity index (χ0) is 19.8. The van der Waals surface area contributed by atoms with Crippen LogP contribution in [0.25, 0.3) is 5.65 Å². The number of nitrogens with zero attached hydrogens (tertiary/aromatic N) is 4. The Morgan fingerprint density at radius 1 is 1.17 bits per heavy atom. The Kier molecular flexibility index (Phi) is 4.48. The number of ether oxygens (including phenoxy) is 1. The van der Waals surface area contributed by atoms with E-state index in [0.717, 1.165) is 16.3 Å². The van der Waals surface area contributed by atoms with Crippen molar-refractivity contribution in [1.82, 2.24) is 19.6 Å². The normalized spacial score (nSPS) is 13.6. The number of hydrogen-bond acceptors (Lipinski definition) is 6. The van der Waals surface area contributed by atoms with Gasteiger partial charge in [0.25, 0.3) is 5.91 Å². The van der Waals surface area contributed by atoms with E-state index in [4.69, 9.17) is 4.74 Å². The molecule has 0 saturated heterocycles. The molecule has 0 radical (unpaired) electrons. The van der Waals surface area contributed by atoms with Crippen LogP contribution in [0.5, 0.6) is 5.75 Å². The molecule has 1 amide bonds. The molecule has 3 aromatic heterocycles. The van der Waals surface area contributed by atoms with Crippen LogP contribution in [0.1, 0.15) is 45.4 Å². The van der Waals surface area contributed by atoms with Crippen molar-refractivity contribution in [2.75, 3.05) is 5.32 Å².